The van der Waals surface area contributed by atoms with Crippen molar-refractivity contribution in [1.29, 1.82) is 0 Å². The highest BCUT2D eigenvalue weighted by Crippen LogP contribution is 2.27. The van der Waals surface area contributed by atoms with E-state index >= 15 is 0 Å². The first-order valence-corrected chi connectivity index (χ1v) is 6.97. The third-order valence-corrected chi connectivity index (χ3v) is 4.03. The van der Waals surface area contributed by atoms with Gasteiger partial charge in [-0.25, -0.2) is 4.98 Å². The SMILES string of the molecule is CCCC1(C(=O)Nc2ncc(C)s2)CCCN1. The molecule has 2 N–H and O–H groups in total. The van der Waals surface area contributed by atoms with Gasteiger partial charge in [0.2, 0.25) is 5.91 Å². The van der Waals surface area contributed by atoms with Gasteiger partial charge in [0.15, 0.2) is 5.13 Å². The molecule has 0 aliphatic carbocycles. The van der Waals surface area contributed by atoms with Crippen LogP contribution in [0.1, 0.15) is 37.5 Å². The van der Waals surface area contributed by atoms with E-state index in [-0.39, 0.29) is 11.4 Å². The number of aromatic nitrogens is 1. The second-order valence-corrected chi connectivity index (χ2v) is 5.83. The molecule has 0 spiro atoms. The predicted molar refractivity (Wildman–Crippen MR) is 70.4 cm³/mol. The minimum Gasteiger partial charge on any atom is -0.303 e. The van der Waals surface area contributed by atoms with Crippen molar-refractivity contribution in [1.82, 2.24) is 10.3 Å². The highest BCUT2D eigenvalue weighted by molar-refractivity contribution is 7.15. The smallest absolute Gasteiger partial charge is 0.246 e. The summed E-state index contributed by atoms with van der Waals surface area (Å²) in [4.78, 5) is 17.6. The topological polar surface area (TPSA) is 54.0 Å². The third kappa shape index (κ3) is 2.66. The molecule has 1 atom stereocenters. The Kier molecular flexibility index (Phi) is 3.79. The molecule has 1 fully saturated rings. The van der Waals surface area contributed by atoms with Gasteiger partial charge >= 0.3 is 0 Å². The lowest BCUT2D eigenvalue weighted by atomic mass is 9.91. The highest BCUT2D eigenvalue weighted by atomic mass is 32.1. The molecule has 2 rings (SSSR count). The van der Waals surface area contributed by atoms with Crippen molar-refractivity contribution in [2.24, 2.45) is 0 Å². The van der Waals surface area contributed by atoms with Crippen LogP contribution in [0.25, 0.3) is 0 Å². The largest absolute Gasteiger partial charge is 0.303 e. The number of amides is 1. The minimum atomic E-state index is -0.367. The first-order chi connectivity index (χ1) is 8.16. The normalized spacial score (nSPS) is 23.9. The van der Waals surface area contributed by atoms with Crippen LogP contribution in [0, 0.1) is 6.92 Å². The molecule has 0 saturated carbocycles. The number of hydrogen-bond acceptors (Lipinski definition) is 4. The summed E-state index contributed by atoms with van der Waals surface area (Å²) in [6.07, 6.45) is 5.69. The van der Waals surface area contributed by atoms with E-state index in [1.807, 2.05) is 6.92 Å². The summed E-state index contributed by atoms with van der Waals surface area (Å²) in [5.74, 6) is 0.0752. The van der Waals surface area contributed by atoms with E-state index in [0.29, 0.717) is 5.13 Å². The molecule has 17 heavy (non-hydrogen) atoms. The number of nitrogens with one attached hydrogen (secondary N) is 2. The van der Waals surface area contributed by atoms with Gasteiger partial charge < -0.3 is 10.6 Å². The fraction of sp³-hybridized carbons (Fsp3) is 0.667. The van der Waals surface area contributed by atoms with Gasteiger partial charge in [-0.2, -0.15) is 0 Å². The summed E-state index contributed by atoms with van der Waals surface area (Å²) in [6, 6.07) is 0. The molecule has 5 heteroatoms. The predicted octanol–water partition coefficient (Wildman–Crippen LogP) is 2.31. The standard InChI is InChI=1S/C12H19N3OS/c1-3-5-12(6-4-7-14-12)10(16)15-11-13-8-9(2)17-11/h8,14H,3-7H2,1-2H3,(H,13,15,16). The van der Waals surface area contributed by atoms with Crippen LogP contribution in [-0.4, -0.2) is 23.0 Å². The number of thiazole rings is 1. The van der Waals surface area contributed by atoms with Crippen LogP contribution in [0.2, 0.25) is 0 Å². The van der Waals surface area contributed by atoms with Crippen molar-refractivity contribution < 1.29 is 4.79 Å². The summed E-state index contributed by atoms with van der Waals surface area (Å²) in [5, 5.41) is 7.00. The highest BCUT2D eigenvalue weighted by Gasteiger charge is 2.40. The molecular formula is C12H19N3OS. The van der Waals surface area contributed by atoms with Crippen LogP contribution < -0.4 is 10.6 Å². The van der Waals surface area contributed by atoms with Crippen LogP contribution in [0.4, 0.5) is 5.13 Å². The molecule has 94 valence electrons. The maximum atomic E-state index is 12.3. The van der Waals surface area contributed by atoms with Gasteiger partial charge in [0.1, 0.15) is 0 Å². The Morgan fingerprint density at radius 3 is 3.06 bits per heavy atom. The first kappa shape index (κ1) is 12.5. The van der Waals surface area contributed by atoms with Crippen molar-refractivity contribution in [3.63, 3.8) is 0 Å². The van der Waals surface area contributed by atoms with Gasteiger partial charge in [0, 0.05) is 11.1 Å². The van der Waals surface area contributed by atoms with Gasteiger partial charge in [0.25, 0.3) is 0 Å². The van der Waals surface area contributed by atoms with Crippen molar-refractivity contribution in [3.8, 4) is 0 Å². The van der Waals surface area contributed by atoms with Gasteiger partial charge in [-0.15, -0.1) is 11.3 Å². The number of hydrogen-bond donors (Lipinski definition) is 2. The monoisotopic (exact) mass is 253 g/mol. The molecule has 4 nitrogen and oxygen atoms in total. The van der Waals surface area contributed by atoms with E-state index in [1.165, 1.54) is 11.3 Å². The summed E-state index contributed by atoms with van der Waals surface area (Å²) in [7, 11) is 0. The van der Waals surface area contributed by atoms with E-state index in [2.05, 4.69) is 22.5 Å². The number of carbonyl (C=O) groups is 1. The Morgan fingerprint density at radius 1 is 1.71 bits per heavy atom. The second kappa shape index (κ2) is 5.14. The van der Waals surface area contributed by atoms with Crippen molar-refractivity contribution in [2.75, 3.05) is 11.9 Å². The molecule has 1 aliphatic rings. The zero-order valence-corrected chi connectivity index (χ0v) is 11.2. The van der Waals surface area contributed by atoms with Crippen molar-refractivity contribution in [2.45, 2.75) is 45.1 Å². The molecule has 1 amide bonds. The summed E-state index contributed by atoms with van der Waals surface area (Å²) < 4.78 is 0. The van der Waals surface area contributed by atoms with Gasteiger partial charge in [-0.1, -0.05) is 13.3 Å². The van der Waals surface area contributed by atoms with Gasteiger partial charge in [-0.05, 0) is 32.7 Å². The average molecular weight is 253 g/mol. The Bertz CT molecular complexity index is 396. The molecule has 1 unspecified atom stereocenters. The van der Waals surface area contributed by atoms with E-state index in [1.54, 1.807) is 6.20 Å². The molecular weight excluding hydrogens is 234 g/mol. The van der Waals surface area contributed by atoms with E-state index < -0.39 is 0 Å². The Balaban J connectivity index is 2.06. The van der Waals surface area contributed by atoms with Crippen LogP contribution in [0.3, 0.4) is 0 Å². The molecule has 0 radical (unpaired) electrons. The Labute approximate surface area is 106 Å². The number of carbonyl (C=O) groups excluding carboxylic acids is 1. The molecule has 0 aromatic carbocycles. The van der Waals surface area contributed by atoms with Crippen LogP contribution in [0.15, 0.2) is 6.20 Å². The van der Waals surface area contributed by atoms with E-state index in [4.69, 9.17) is 0 Å². The lowest BCUT2D eigenvalue weighted by Crippen LogP contribution is -2.50. The van der Waals surface area contributed by atoms with Crippen molar-refractivity contribution >= 4 is 22.4 Å². The van der Waals surface area contributed by atoms with Crippen LogP contribution in [-0.2, 0) is 4.79 Å². The molecule has 1 aromatic heterocycles. The average Bonchev–Trinajstić information content (AvgIpc) is 2.89. The number of aryl methyl sites for hydroxylation is 1. The number of anilines is 1. The number of rotatable bonds is 4. The van der Waals surface area contributed by atoms with Gasteiger partial charge in [-0.3, -0.25) is 4.79 Å². The number of nitrogens with zero attached hydrogens (tertiary/aromatic N) is 1. The Hall–Kier alpha value is -0.940. The lowest BCUT2D eigenvalue weighted by molar-refractivity contribution is -0.122. The molecule has 0 bridgehead atoms. The fourth-order valence-corrected chi connectivity index (χ4v) is 3.04. The summed E-state index contributed by atoms with van der Waals surface area (Å²) in [6.45, 7) is 5.04. The quantitative estimate of drug-likeness (QED) is 0.866. The molecule has 2 heterocycles. The summed E-state index contributed by atoms with van der Waals surface area (Å²) in [5.41, 5.74) is -0.367. The molecule has 1 aliphatic heterocycles. The minimum absolute atomic E-state index is 0.0752. The Morgan fingerprint density at radius 2 is 2.53 bits per heavy atom. The van der Waals surface area contributed by atoms with Crippen LogP contribution >= 0.6 is 11.3 Å². The van der Waals surface area contributed by atoms with Gasteiger partial charge in [0.05, 0.1) is 5.54 Å². The zero-order valence-electron chi connectivity index (χ0n) is 10.4. The molecule has 1 saturated heterocycles. The fourth-order valence-electron chi connectivity index (χ4n) is 2.38. The van der Waals surface area contributed by atoms with Crippen LogP contribution in [0.5, 0.6) is 0 Å². The van der Waals surface area contributed by atoms with Crippen molar-refractivity contribution in [3.05, 3.63) is 11.1 Å². The second-order valence-electron chi connectivity index (χ2n) is 4.59. The molecule has 1 aromatic rings. The lowest BCUT2D eigenvalue weighted by Gasteiger charge is -2.27. The maximum absolute atomic E-state index is 12.3. The van der Waals surface area contributed by atoms with E-state index in [0.717, 1.165) is 37.1 Å². The zero-order chi connectivity index (χ0) is 12.3. The maximum Gasteiger partial charge on any atom is 0.246 e. The summed E-state index contributed by atoms with van der Waals surface area (Å²) >= 11 is 1.52. The first-order valence-electron chi connectivity index (χ1n) is 6.15. The van der Waals surface area contributed by atoms with E-state index in [9.17, 15) is 4.79 Å². The third-order valence-electron chi connectivity index (χ3n) is 3.20.